The van der Waals surface area contributed by atoms with Crippen LogP contribution in [0.4, 0.5) is 20.2 Å². The first kappa shape index (κ1) is 23.5. The molecule has 0 aliphatic carbocycles. The first-order valence-corrected chi connectivity index (χ1v) is 10.5. The lowest BCUT2D eigenvalue weighted by molar-refractivity contribution is -0.117. The molecule has 1 N–H and O–H groups in total. The summed E-state index contributed by atoms with van der Waals surface area (Å²) >= 11 is 0. The second-order valence-electron chi connectivity index (χ2n) is 7.42. The van der Waals surface area contributed by atoms with Gasteiger partial charge in [0.05, 0.1) is 13.3 Å². The van der Waals surface area contributed by atoms with Crippen molar-refractivity contribution in [3.05, 3.63) is 114 Å². The predicted octanol–water partition coefficient (Wildman–Crippen LogP) is 4.79. The fourth-order valence-corrected chi connectivity index (χ4v) is 3.48. The minimum absolute atomic E-state index is 0.00277. The molecule has 0 fully saturated rings. The van der Waals surface area contributed by atoms with Gasteiger partial charge in [-0.25, -0.2) is 13.8 Å². The first-order valence-electron chi connectivity index (χ1n) is 10.5. The van der Waals surface area contributed by atoms with Crippen LogP contribution in [0, 0.1) is 11.6 Å². The molecule has 1 atom stereocenters. The number of benzene rings is 3. The SMILES string of the molecule is COc1cccc(N(C(=O)c2cnccn2)[C@H](C(=O)Nc2ccc(F)cc2)c2ccc(F)cc2)c1. The molecule has 35 heavy (non-hydrogen) atoms. The topological polar surface area (TPSA) is 84.4 Å². The van der Waals surface area contributed by atoms with Crippen molar-refractivity contribution in [3.8, 4) is 5.75 Å². The summed E-state index contributed by atoms with van der Waals surface area (Å²) in [6.45, 7) is 0. The van der Waals surface area contributed by atoms with E-state index in [-0.39, 0.29) is 5.69 Å². The fraction of sp³-hybridized carbons (Fsp3) is 0.0769. The highest BCUT2D eigenvalue weighted by Crippen LogP contribution is 2.32. The highest BCUT2D eigenvalue weighted by Gasteiger charge is 2.34. The molecule has 0 saturated carbocycles. The number of methoxy groups -OCH3 is 1. The van der Waals surface area contributed by atoms with Crippen molar-refractivity contribution < 1.29 is 23.1 Å². The third kappa shape index (κ3) is 5.47. The third-order valence-electron chi connectivity index (χ3n) is 5.14. The van der Waals surface area contributed by atoms with Crippen LogP contribution in [0.25, 0.3) is 0 Å². The Kier molecular flexibility index (Phi) is 7.06. The number of nitrogens with one attached hydrogen (secondary N) is 1. The van der Waals surface area contributed by atoms with Gasteiger partial charge in [-0.3, -0.25) is 19.5 Å². The average molecular weight is 474 g/mol. The standard InChI is InChI=1S/C26H20F2N4O3/c1-35-22-4-2-3-21(15-22)32(26(34)23-16-29-13-14-30-23)24(17-5-7-18(27)8-6-17)25(33)31-20-11-9-19(28)10-12-20/h2-16,24H,1H3,(H,31,33)/t24-/m0/s1. The second kappa shape index (κ2) is 10.5. The minimum atomic E-state index is -1.25. The molecule has 4 aromatic rings. The number of carbonyl (C=O) groups is 2. The van der Waals surface area contributed by atoms with Gasteiger partial charge in [0, 0.05) is 29.8 Å². The molecule has 0 aliphatic rings. The molecule has 4 rings (SSSR count). The van der Waals surface area contributed by atoms with E-state index in [1.54, 1.807) is 24.3 Å². The molecule has 1 aromatic heterocycles. The Bertz CT molecular complexity index is 1320. The number of amides is 2. The van der Waals surface area contributed by atoms with Gasteiger partial charge in [-0.1, -0.05) is 18.2 Å². The molecule has 2 amide bonds. The van der Waals surface area contributed by atoms with Crippen molar-refractivity contribution >= 4 is 23.2 Å². The minimum Gasteiger partial charge on any atom is -0.497 e. The molecule has 0 radical (unpaired) electrons. The Morgan fingerprint density at radius 2 is 1.63 bits per heavy atom. The Labute approximate surface area is 200 Å². The number of rotatable bonds is 7. The maximum absolute atomic E-state index is 13.7. The summed E-state index contributed by atoms with van der Waals surface area (Å²) in [6, 6.07) is 15.8. The smallest absolute Gasteiger partial charge is 0.279 e. The highest BCUT2D eigenvalue weighted by atomic mass is 19.1. The van der Waals surface area contributed by atoms with Crippen LogP contribution in [0.15, 0.2) is 91.4 Å². The number of halogens is 2. The Balaban J connectivity index is 1.85. The summed E-state index contributed by atoms with van der Waals surface area (Å²) in [6.07, 6.45) is 4.07. The predicted molar refractivity (Wildman–Crippen MR) is 126 cm³/mol. The van der Waals surface area contributed by atoms with Crippen molar-refractivity contribution in [1.82, 2.24) is 9.97 Å². The Morgan fingerprint density at radius 3 is 2.26 bits per heavy atom. The van der Waals surface area contributed by atoms with Crippen molar-refractivity contribution in [2.45, 2.75) is 6.04 Å². The van der Waals surface area contributed by atoms with Crippen LogP contribution in [0.1, 0.15) is 22.1 Å². The quantitative estimate of drug-likeness (QED) is 0.416. The van der Waals surface area contributed by atoms with E-state index in [0.717, 1.165) is 0 Å². The van der Waals surface area contributed by atoms with Gasteiger partial charge >= 0.3 is 0 Å². The number of hydrogen-bond acceptors (Lipinski definition) is 5. The van der Waals surface area contributed by atoms with Gasteiger partial charge in [0.15, 0.2) is 0 Å². The van der Waals surface area contributed by atoms with Crippen molar-refractivity contribution in [2.75, 3.05) is 17.3 Å². The highest BCUT2D eigenvalue weighted by molar-refractivity contribution is 6.11. The van der Waals surface area contributed by atoms with Crippen LogP contribution >= 0.6 is 0 Å². The van der Waals surface area contributed by atoms with E-state index < -0.39 is 29.5 Å². The van der Waals surface area contributed by atoms with Crippen LogP contribution in [0.5, 0.6) is 5.75 Å². The van der Waals surface area contributed by atoms with E-state index in [1.807, 2.05) is 0 Å². The number of aromatic nitrogens is 2. The molecular weight excluding hydrogens is 454 g/mol. The van der Waals surface area contributed by atoms with Gasteiger partial charge in [-0.05, 0) is 54.1 Å². The van der Waals surface area contributed by atoms with E-state index in [1.165, 1.54) is 79.1 Å². The monoisotopic (exact) mass is 474 g/mol. The van der Waals surface area contributed by atoms with E-state index >= 15 is 0 Å². The maximum Gasteiger partial charge on any atom is 0.279 e. The molecular formula is C26H20F2N4O3. The molecule has 3 aromatic carbocycles. The van der Waals surface area contributed by atoms with Gasteiger partial charge in [0.25, 0.3) is 11.8 Å². The van der Waals surface area contributed by atoms with Crippen molar-refractivity contribution in [2.24, 2.45) is 0 Å². The van der Waals surface area contributed by atoms with E-state index in [4.69, 9.17) is 4.74 Å². The molecule has 1 heterocycles. The number of hydrogen-bond donors (Lipinski definition) is 1. The van der Waals surface area contributed by atoms with Crippen LogP contribution < -0.4 is 15.0 Å². The fourth-order valence-electron chi connectivity index (χ4n) is 3.48. The van der Waals surface area contributed by atoms with E-state index in [9.17, 15) is 18.4 Å². The van der Waals surface area contributed by atoms with Gasteiger partial charge in [-0.2, -0.15) is 0 Å². The maximum atomic E-state index is 13.7. The van der Waals surface area contributed by atoms with Gasteiger partial charge in [0.2, 0.25) is 0 Å². The lowest BCUT2D eigenvalue weighted by Crippen LogP contribution is -2.42. The number of nitrogens with zero attached hydrogens (tertiary/aromatic N) is 3. The summed E-state index contributed by atoms with van der Waals surface area (Å²) in [7, 11) is 1.48. The van der Waals surface area contributed by atoms with Gasteiger partial charge in [-0.15, -0.1) is 0 Å². The average Bonchev–Trinajstić information content (AvgIpc) is 2.89. The van der Waals surface area contributed by atoms with Gasteiger partial charge in [0.1, 0.15) is 29.1 Å². The van der Waals surface area contributed by atoms with Crippen molar-refractivity contribution in [3.63, 3.8) is 0 Å². The first-order chi connectivity index (χ1) is 17.0. The summed E-state index contributed by atoms with van der Waals surface area (Å²) < 4.78 is 32.4. The molecule has 0 saturated heterocycles. The van der Waals surface area contributed by atoms with Crippen LogP contribution in [-0.2, 0) is 4.79 Å². The summed E-state index contributed by atoms with van der Waals surface area (Å²) in [5.74, 6) is -1.73. The largest absolute Gasteiger partial charge is 0.497 e. The summed E-state index contributed by atoms with van der Waals surface area (Å²) in [5, 5.41) is 2.71. The molecule has 0 aliphatic heterocycles. The summed E-state index contributed by atoms with van der Waals surface area (Å²) in [4.78, 5) is 36.6. The molecule has 0 unspecified atom stereocenters. The normalized spacial score (nSPS) is 11.4. The Hall–Kier alpha value is -4.66. The van der Waals surface area contributed by atoms with Crippen LogP contribution in [-0.4, -0.2) is 28.9 Å². The zero-order chi connectivity index (χ0) is 24.8. The molecule has 9 heteroatoms. The summed E-state index contributed by atoms with van der Waals surface area (Å²) in [5.41, 5.74) is 0.993. The lowest BCUT2D eigenvalue weighted by atomic mass is 10.0. The zero-order valence-electron chi connectivity index (χ0n) is 18.6. The second-order valence-corrected chi connectivity index (χ2v) is 7.42. The number of anilines is 2. The lowest BCUT2D eigenvalue weighted by Gasteiger charge is -2.31. The number of carbonyl (C=O) groups excluding carboxylic acids is 2. The number of ether oxygens (including phenoxy) is 1. The van der Waals surface area contributed by atoms with Gasteiger partial charge < -0.3 is 10.1 Å². The molecule has 0 spiro atoms. The molecule has 0 bridgehead atoms. The van der Waals surface area contributed by atoms with E-state index in [2.05, 4.69) is 15.3 Å². The molecule has 176 valence electrons. The van der Waals surface area contributed by atoms with Crippen LogP contribution in [0.3, 0.4) is 0 Å². The van der Waals surface area contributed by atoms with Crippen molar-refractivity contribution in [1.29, 1.82) is 0 Å². The van der Waals surface area contributed by atoms with E-state index in [0.29, 0.717) is 22.7 Å². The Morgan fingerprint density at radius 1 is 0.943 bits per heavy atom. The zero-order valence-corrected chi connectivity index (χ0v) is 18.6. The van der Waals surface area contributed by atoms with Crippen LogP contribution in [0.2, 0.25) is 0 Å². The molecule has 7 nitrogen and oxygen atoms in total. The third-order valence-corrected chi connectivity index (χ3v) is 5.14.